The summed E-state index contributed by atoms with van der Waals surface area (Å²) in [6, 6.07) is 7.99. The molecule has 1 aromatic heterocycles. The maximum atomic E-state index is 6.24. The van der Waals surface area contributed by atoms with Gasteiger partial charge < -0.3 is 5.73 Å². The van der Waals surface area contributed by atoms with Crippen molar-refractivity contribution in [2.75, 3.05) is 0 Å². The van der Waals surface area contributed by atoms with E-state index in [-0.39, 0.29) is 6.04 Å². The molecular weight excluding hydrogens is 266 g/mol. The number of hydrogen-bond donors (Lipinski definition) is 1. The van der Waals surface area contributed by atoms with Gasteiger partial charge in [-0.3, -0.25) is 0 Å². The molecule has 94 valence electrons. The van der Waals surface area contributed by atoms with Crippen LogP contribution in [0.5, 0.6) is 0 Å². The minimum atomic E-state index is 0.114. The predicted molar refractivity (Wildman–Crippen MR) is 75.0 cm³/mol. The third kappa shape index (κ3) is 3.70. The van der Waals surface area contributed by atoms with Crippen molar-refractivity contribution in [1.29, 1.82) is 0 Å². The minimum Gasteiger partial charge on any atom is -0.328 e. The summed E-state index contributed by atoms with van der Waals surface area (Å²) in [5.74, 6) is 0. The molecule has 5 heteroatoms. The molecule has 0 aliphatic carbocycles. The molecule has 2 N–H and O–H groups in total. The first kappa shape index (κ1) is 13.3. The molecule has 2 aromatic rings. The Morgan fingerprint density at radius 1 is 1.39 bits per heavy atom. The maximum absolute atomic E-state index is 6.24. The van der Waals surface area contributed by atoms with Crippen molar-refractivity contribution in [3.63, 3.8) is 0 Å². The van der Waals surface area contributed by atoms with Crippen LogP contribution in [0.25, 0.3) is 0 Å². The van der Waals surface area contributed by atoms with Gasteiger partial charge in [-0.2, -0.15) is 0 Å². The fraction of sp³-hybridized carbons (Fsp3) is 0.231. The molecule has 0 saturated carbocycles. The number of halogens is 1. The number of benzene rings is 1. The van der Waals surface area contributed by atoms with Crippen LogP contribution < -0.4 is 5.73 Å². The highest BCUT2D eigenvalue weighted by atomic mass is 35.5. The van der Waals surface area contributed by atoms with E-state index in [2.05, 4.69) is 9.97 Å². The zero-order valence-corrected chi connectivity index (χ0v) is 11.6. The quantitative estimate of drug-likeness (QED) is 0.874. The van der Waals surface area contributed by atoms with Gasteiger partial charge >= 0.3 is 0 Å². The Labute approximate surface area is 116 Å². The molecule has 0 amide bonds. The van der Waals surface area contributed by atoms with Crippen molar-refractivity contribution in [1.82, 2.24) is 9.97 Å². The molecule has 2 rings (SSSR count). The molecule has 18 heavy (non-hydrogen) atoms. The van der Waals surface area contributed by atoms with Crippen LogP contribution in [-0.4, -0.2) is 16.0 Å². The first-order chi connectivity index (χ1) is 8.65. The van der Waals surface area contributed by atoms with E-state index in [1.54, 1.807) is 18.0 Å². The predicted octanol–water partition coefficient (Wildman–Crippen LogP) is 3.17. The highest BCUT2D eigenvalue weighted by molar-refractivity contribution is 7.99. The largest absolute Gasteiger partial charge is 0.328 e. The molecule has 3 nitrogen and oxygen atoms in total. The van der Waals surface area contributed by atoms with E-state index >= 15 is 0 Å². The summed E-state index contributed by atoms with van der Waals surface area (Å²) < 4.78 is 0. The summed E-state index contributed by atoms with van der Waals surface area (Å²) in [6.07, 6.45) is 4.05. The molecule has 0 spiro atoms. The van der Waals surface area contributed by atoms with E-state index in [0.717, 1.165) is 26.9 Å². The van der Waals surface area contributed by atoms with E-state index in [9.17, 15) is 0 Å². The smallest absolute Gasteiger partial charge is 0.116 e. The van der Waals surface area contributed by atoms with Gasteiger partial charge in [-0.1, -0.05) is 29.4 Å². The van der Waals surface area contributed by atoms with E-state index in [1.165, 1.54) is 6.33 Å². The zero-order valence-electron chi connectivity index (χ0n) is 10.0. The Balaban J connectivity index is 2.14. The molecule has 1 aromatic carbocycles. The van der Waals surface area contributed by atoms with Gasteiger partial charge in [0.1, 0.15) is 11.4 Å². The standard InChI is InChI=1S/C13H14ClN3S/c1-9(15)6-10-2-3-11(7-12(10)14)18-13-4-5-16-8-17-13/h2-5,7-9H,6,15H2,1H3. The second-order valence-electron chi connectivity index (χ2n) is 4.08. The summed E-state index contributed by atoms with van der Waals surface area (Å²) in [5, 5.41) is 1.66. The lowest BCUT2D eigenvalue weighted by atomic mass is 10.1. The van der Waals surface area contributed by atoms with Crippen LogP contribution in [0.2, 0.25) is 5.02 Å². The lowest BCUT2D eigenvalue weighted by Crippen LogP contribution is -2.17. The number of hydrogen-bond acceptors (Lipinski definition) is 4. The van der Waals surface area contributed by atoms with Crippen LogP contribution in [0.3, 0.4) is 0 Å². The average Bonchev–Trinajstić information content (AvgIpc) is 2.33. The van der Waals surface area contributed by atoms with E-state index in [0.29, 0.717) is 0 Å². The van der Waals surface area contributed by atoms with Crippen molar-refractivity contribution in [2.24, 2.45) is 5.73 Å². The summed E-state index contributed by atoms with van der Waals surface area (Å²) in [6.45, 7) is 1.97. The highest BCUT2D eigenvalue weighted by Crippen LogP contribution is 2.29. The van der Waals surface area contributed by atoms with Crippen molar-refractivity contribution < 1.29 is 0 Å². The Morgan fingerprint density at radius 3 is 2.83 bits per heavy atom. The molecule has 0 fully saturated rings. The van der Waals surface area contributed by atoms with Crippen LogP contribution in [-0.2, 0) is 6.42 Å². The fourth-order valence-corrected chi connectivity index (χ4v) is 2.67. The van der Waals surface area contributed by atoms with Gasteiger partial charge in [-0.25, -0.2) is 9.97 Å². The number of nitrogens with zero attached hydrogens (tertiary/aromatic N) is 2. The first-order valence-corrected chi connectivity index (χ1v) is 6.82. The molecule has 1 heterocycles. The van der Waals surface area contributed by atoms with Gasteiger partial charge in [-0.05, 0) is 37.1 Å². The maximum Gasteiger partial charge on any atom is 0.116 e. The van der Waals surface area contributed by atoms with Gasteiger partial charge in [0.25, 0.3) is 0 Å². The second-order valence-corrected chi connectivity index (χ2v) is 5.59. The van der Waals surface area contributed by atoms with Crippen LogP contribution in [0.15, 0.2) is 46.7 Å². The van der Waals surface area contributed by atoms with E-state index in [1.807, 2.05) is 31.2 Å². The van der Waals surface area contributed by atoms with Crippen LogP contribution in [0.1, 0.15) is 12.5 Å². The van der Waals surface area contributed by atoms with E-state index < -0.39 is 0 Å². The number of aromatic nitrogens is 2. The molecule has 0 saturated heterocycles. The van der Waals surface area contributed by atoms with Gasteiger partial charge in [0, 0.05) is 22.2 Å². The van der Waals surface area contributed by atoms with Gasteiger partial charge in [-0.15, -0.1) is 0 Å². The monoisotopic (exact) mass is 279 g/mol. The second kappa shape index (κ2) is 6.18. The highest BCUT2D eigenvalue weighted by Gasteiger charge is 2.06. The van der Waals surface area contributed by atoms with Crippen molar-refractivity contribution in [3.05, 3.63) is 47.4 Å². The fourth-order valence-electron chi connectivity index (χ4n) is 1.56. The van der Waals surface area contributed by atoms with Crippen LogP contribution in [0.4, 0.5) is 0 Å². The number of nitrogens with two attached hydrogens (primary N) is 1. The molecule has 0 radical (unpaired) electrons. The van der Waals surface area contributed by atoms with E-state index in [4.69, 9.17) is 17.3 Å². The van der Waals surface area contributed by atoms with Crippen LogP contribution >= 0.6 is 23.4 Å². The molecular formula is C13H14ClN3S. The van der Waals surface area contributed by atoms with Gasteiger partial charge in [0.2, 0.25) is 0 Å². The molecule has 0 aliphatic rings. The summed E-state index contributed by atoms with van der Waals surface area (Å²) >= 11 is 7.80. The molecule has 1 unspecified atom stereocenters. The SMILES string of the molecule is CC(N)Cc1ccc(Sc2ccncn2)cc1Cl. The Kier molecular flexibility index (Phi) is 4.58. The summed E-state index contributed by atoms with van der Waals surface area (Å²) in [5.41, 5.74) is 6.86. The number of rotatable bonds is 4. The molecule has 1 atom stereocenters. The summed E-state index contributed by atoms with van der Waals surface area (Å²) in [7, 11) is 0. The Bertz CT molecular complexity index is 517. The normalized spacial score (nSPS) is 12.4. The third-order valence-electron chi connectivity index (χ3n) is 2.34. The minimum absolute atomic E-state index is 0.114. The van der Waals surface area contributed by atoms with Gasteiger partial charge in [0.05, 0.1) is 0 Å². The molecule has 0 aliphatic heterocycles. The lowest BCUT2D eigenvalue weighted by Gasteiger charge is -2.09. The Hall–Kier alpha value is -1.10. The topological polar surface area (TPSA) is 51.8 Å². The van der Waals surface area contributed by atoms with Gasteiger partial charge in [0.15, 0.2) is 0 Å². The van der Waals surface area contributed by atoms with Crippen molar-refractivity contribution in [2.45, 2.75) is 29.3 Å². The van der Waals surface area contributed by atoms with Crippen molar-refractivity contribution in [3.8, 4) is 0 Å². The molecule has 0 bridgehead atoms. The van der Waals surface area contributed by atoms with Crippen molar-refractivity contribution >= 4 is 23.4 Å². The summed E-state index contributed by atoms with van der Waals surface area (Å²) in [4.78, 5) is 9.11. The average molecular weight is 280 g/mol. The third-order valence-corrected chi connectivity index (χ3v) is 3.64. The zero-order chi connectivity index (χ0) is 13.0. The lowest BCUT2D eigenvalue weighted by molar-refractivity contribution is 0.738. The van der Waals surface area contributed by atoms with Crippen LogP contribution in [0, 0.1) is 0 Å². The Morgan fingerprint density at radius 2 is 2.22 bits per heavy atom. The first-order valence-electron chi connectivity index (χ1n) is 5.63.